The average molecular weight is 239 g/mol. The third kappa shape index (κ3) is 1.53. The van der Waals surface area contributed by atoms with Crippen LogP contribution in [0, 0.1) is 11.8 Å². The molecule has 5 atom stereocenters. The molecular weight excluding hydrogens is 224 g/mol. The van der Waals surface area contributed by atoms with Crippen LogP contribution in [0.15, 0.2) is 0 Å². The van der Waals surface area contributed by atoms with Crippen molar-refractivity contribution in [1.29, 1.82) is 0 Å². The number of esters is 1. The minimum Gasteiger partial charge on any atom is -0.465 e. The van der Waals surface area contributed by atoms with Gasteiger partial charge in [0, 0.05) is 29.2 Å². The third-order valence-corrected chi connectivity index (χ3v) is 4.14. The van der Waals surface area contributed by atoms with Crippen LogP contribution in [-0.4, -0.2) is 47.7 Å². The van der Waals surface area contributed by atoms with Gasteiger partial charge in [-0.15, -0.1) is 0 Å². The van der Waals surface area contributed by atoms with Crippen LogP contribution in [-0.2, 0) is 19.0 Å². The highest BCUT2D eigenvalue weighted by Gasteiger charge is 2.60. The Morgan fingerprint density at radius 3 is 3.19 bits per heavy atom. The Morgan fingerprint density at radius 2 is 2.38 bits per heavy atom. The van der Waals surface area contributed by atoms with Crippen LogP contribution in [0.25, 0.3) is 0 Å². The van der Waals surface area contributed by atoms with Crippen molar-refractivity contribution in [3.8, 4) is 0 Å². The summed E-state index contributed by atoms with van der Waals surface area (Å²) in [6.45, 7) is 1.27. The van der Waals surface area contributed by atoms with Gasteiger partial charge in [-0.2, -0.15) is 0 Å². The Kier molecular flexibility index (Phi) is 2.77. The van der Waals surface area contributed by atoms with E-state index in [-0.39, 0.29) is 36.1 Å². The van der Waals surface area contributed by atoms with Gasteiger partial charge in [0.1, 0.15) is 0 Å². The number of carbonyl (C=O) groups is 1. The molecular formula is C11H15O4Si. The molecule has 4 nitrogen and oxygen atoms in total. The summed E-state index contributed by atoms with van der Waals surface area (Å²) in [6, 6.07) is 0.954. The van der Waals surface area contributed by atoms with Crippen LogP contribution in [0.1, 0.15) is 12.8 Å². The summed E-state index contributed by atoms with van der Waals surface area (Å²) in [6.07, 6.45) is 2.14. The first-order valence-electron chi connectivity index (χ1n) is 5.89. The van der Waals surface area contributed by atoms with Crippen molar-refractivity contribution in [1.82, 2.24) is 0 Å². The molecule has 5 heteroatoms. The molecule has 3 aliphatic heterocycles. The number of hydrogen-bond donors (Lipinski definition) is 0. The fraction of sp³-hybridized carbons (Fsp3) is 0.909. The number of rotatable bonds is 4. The number of ether oxygens (including phenoxy) is 3. The predicted octanol–water partition coefficient (Wildman–Crippen LogP) is 0.309. The highest BCUT2D eigenvalue weighted by atomic mass is 28.1. The van der Waals surface area contributed by atoms with E-state index in [1.54, 1.807) is 0 Å². The highest BCUT2D eigenvalue weighted by molar-refractivity contribution is 6.08. The minimum absolute atomic E-state index is 0.0133. The van der Waals surface area contributed by atoms with Crippen LogP contribution in [0.5, 0.6) is 0 Å². The van der Waals surface area contributed by atoms with Gasteiger partial charge >= 0.3 is 5.97 Å². The first-order valence-corrected chi connectivity index (χ1v) is 6.60. The fourth-order valence-corrected chi connectivity index (χ4v) is 3.21. The second-order valence-corrected chi connectivity index (χ2v) is 5.21. The first kappa shape index (κ1) is 10.7. The molecule has 3 saturated heterocycles. The van der Waals surface area contributed by atoms with E-state index in [2.05, 4.69) is 10.2 Å². The zero-order valence-electron chi connectivity index (χ0n) is 9.06. The van der Waals surface area contributed by atoms with Gasteiger partial charge in [-0.05, 0) is 6.42 Å². The smallest absolute Gasteiger partial charge is 0.312 e. The number of cyclic esters (lactones) is 1. The molecule has 0 aromatic heterocycles. The van der Waals surface area contributed by atoms with Crippen molar-refractivity contribution in [2.24, 2.45) is 11.8 Å². The van der Waals surface area contributed by atoms with Crippen LogP contribution in [0.4, 0.5) is 0 Å². The predicted molar refractivity (Wildman–Crippen MR) is 56.1 cm³/mol. The monoisotopic (exact) mass is 239 g/mol. The topological polar surface area (TPSA) is 44.8 Å². The molecule has 5 unspecified atom stereocenters. The largest absolute Gasteiger partial charge is 0.465 e. The lowest BCUT2D eigenvalue weighted by atomic mass is 9.80. The van der Waals surface area contributed by atoms with Gasteiger partial charge in [-0.25, -0.2) is 0 Å². The standard InChI is InChI=1S/C11H15O4Si/c12-11-9-6(5-14-11)10-8(4-7(9)15-10)13-2-1-3-16/h6-10H,1-5H2. The second kappa shape index (κ2) is 4.12. The van der Waals surface area contributed by atoms with Crippen LogP contribution >= 0.6 is 0 Å². The van der Waals surface area contributed by atoms with Crippen molar-refractivity contribution >= 4 is 16.2 Å². The summed E-state index contributed by atoms with van der Waals surface area (Å²) in [4.78, 5) is 11.5. The molecule has 0 aromatic carbocycles. The van der Waals surface area contributed by atoms with Gasteiger partial charge in [0.2, 0.25) is 0 Å². The maximum Gasteiger partial charge on any atom is 0.312 e. The summed E-state index contributed by atoms with van der Waals surface area (Å²) in [7, 11) is 3.42. The van der Waals surface area contributed by atoms with Crippen LogP contribution in [0.3, 0.4) is 0 Å². The molecule has 3 rings (SSSR count). The van der Waals surface area contributed by atoms with Gasteiger partial charge in [0.05, 0.1) is 30.8 Å². The first-order chi connectivity index (χ1) is 7.81. The molecule has 2 bridgehead atoms. The van der Waals surface area contributed by atoms with Gasteiger partial charge in [-0.1, -0.05) is 6.04 Å². The van der Waals surface area contributed by atoms with Crippen LogP contribution in [0.2, 0.25) is 6.04 Å². The highest BCUT2D eigenvalue weighted by Crippen LogP contribution is 2.48. The third-order valence-electron chi connectivity index (χ3n) is 3.79. The van der Waals surface area contributed by atoms with Crippen LogP contribution < -0.4 is 0 Å². The summed E-state index contributed by atoms with van der Waals surface area (Å²) in [5, 5.41) is 0. The van der Waals surface area contributed by atoms with Gasteiger partial charge in [0.25, 0.3) is 0 Å². The average Bonchev–Trinajstić information content (AvgIpc) is 2.91. The van der Waals surface area contributed by atoms with Gasteiger partial charge < -0.3 is 14.2 Å². The summed E-state index contributed by atoms with van der Waals surface area (Å²) in [5.74, 6) is 0.150. The quantitative estimate of drug-likeness (QED) is 0.402. The SMILES string of the molecule is O=C1OCC2C3OC(CC3OCCC[Si])C12. The Bertz CT molecular complexity index is 296. The number of hydrogen-bond acceptors (Lipinski definition) is 4. The summed E-state index contributed by atoms with van der Waals surface area (Å²) in [5.41, 5.74) is 0. The fourth-order valence-electron chi connectivity index (χ4n) is 3.07. The lowest BCUT2D eigenvalue weighted by Crippen LogP contribution is -2.38. The van der Waals surface area contributed by atoms with Crippen molar-refractivity contribution in [2.45, 2.75) is 37.2 Å². The number of fused-ring (bicyclic) bond motifs is 5. The Balaban J connectivity index is 1.61. The molecule has 3 fully saturated rings. The van der Waals surface area contributed by atoms with Crippen molar-refractivity contribution in [3.63, 3.8) is 0 Å². The van der Waals surface area contributed by atoms with E-state index in [0.717, 1.165) is 25.5 Å². The molecule has 3 aliphatic rings. The molecule has 0 N–H and O–H groups in total. The Hall–Kier alpha value is -0.393. The van der Waals surface area contributed by atoms with E-state index in [1.807, 2.05) is 0 Å². The van der Waals surface area contributed by atoms with Gasteiger partial charge in [-0.3, -0.25) is 4.79 Å². The van der Waals surface area contributed by atoms with Crippen molar-refractivity contribution in [2.75, 3.05) is 13.2 Å². The Labute approximate surface area is 98.0 Å². The molecule has 3 radical (unpaired) electrons. The van der Waals surface area contributed by atoms with E-state index >= 15 is 0 Å². The molecule has 0 spiro atoms. The maximum atomic E-state index is 11.5. The Morgan fingerprint density at radius 1 is 1.50 bits per heavy atom. The molecule has 0 aromatic rings. The lowest BCUT2D eigenvalue weighted by Gasteiger charge is -2.25. The normalized spacial score (nSPS) is 44.8. The molecule has 16 heavy (non-hydrogen) atoms. The van der Waals surface area contributed by atoms with Gasteiger partial charge in [0.15, 0.2) is 0 Å². The minimum atomic E-state index is -0.0730. The van der Waals surface area contributed by atoms with E-state index in [4.69, 9.17) is 14.2 Å². The molecule has 3 heterocycles. The zero-order chi connectivity index (χ0) is 11.1. The molecule has 0 aliphatic carbocycles. The van der Waals surface area contributed by atoms with E-state index in [9.17, 15) is 4.79 Å². The molecule has 0 saturated carbocycles. The lowest BCUT2D eigenvalue weighted by molar-refractivity contribution is -0.143. The van der Waals surface area contributed by atoms with E-state index in [1.165, 1.54) is 0 Å². The number of carbonyl (C=O) groups excluding carboxylic acids is 1. The molecule has 0 amide bonds. The van der Waals surface area contributed by atoms with E-state index < -0.39 is 0 Å². The van der Waals surface area contributed by atoms with Crippen molar-refractivity contribution < 1.29 is 19.0 Å². The summed E-state index contributed by atoms with van der Waals surface area (Å²) >= 11 is 0. The summed E-state index contributed by atoms with van der Waals surface area (Å²) < 4.78 is 16.7. The van der Waals surface area contributed by atoms with Crippen molar-refractivity contribution in [3.05, 3.63) is 0 Å². The zero-order valence-corrected chi connectivity index (χ0v) is 10.1. The second-order valence-electron chi connectivity index (χ2n) is 4.71. The maximum absolute atomic E-state index is 11.5. The van der Waals surface area contributed by atoms with E-state index in [0.29, 0.717) is 6.61 Å². The molecule has 87 valence electrons.